The van der Waals surface area contributed by atoms with Gasteiger partial charge in [0.1, 0.15) is 5.75 Å². The lowest BCUT2D eigenvalue weighted by Gasteiger charge is -2.32. The maximum atomic E-state index is 11.8. The molecular weight excluding hydrogens is 295 g/mol. The van der Waals surface area contributed by atoms with E-state index >= 15 is 0 Å². The zero-order valence-corrected chi connectivity index (χ0v) is 14.3. The van der Waals surface area contributed by atoms with Crippen molar-refractivity contribution in [1.29, 1.82) is 0 Å². The lowest BCUT2D eigenvalue weighted by molar-refractivity contribution is -0.150. The average Bonchev–Trinajstić information content (AvgIpc) is 2.97. The van der Waals surface area contributed by atoms with Crippen molar-refractivity contribution in [3.63, 3.8) is 0 Å². The van der Waals surface area contributed by atoms with Crippen LogP contribution in [0, 0.1) is 0 Å². The Kier molecular flexibility index (Phi) is 3.93. The van der Waals surface area contributed by atoms with Gasteiger partial charge in [0, 0.05) is 6.42 Å². The van der Waals surface area contributed by atoms with Crippen molar-refractivity contribution in [3.05, 3.63) is 23.8 Å². The van der Waals surface area contributed by atoms with Gasteiger partial charge < -0.3 is 18.8 Å². The van der Waals surface area contributed by atoms with Gasteiger partial charge in [-0.15, -0.1) is 0 Å². The molecule has 0 spiro atoms. The minimum absolute atomic E-state index is 0.319. The van der Waals surface area contributed by atoms with Crippen molar-refractivity contribution in [2.24, 2.45) is 0 Å². The summed E-state index contributed by atoms with van der Waals surface area (Å²) in [5.74, 6) is 0.385. The Labute approximate surface area is 137 Å². The van der Waals surface area contributed by atoms with Gasteiger partial charge in [-0.2, -0.15) is 0 Å². The highest BCUT2D eigenvalue weighted by atomic mass is 16.7. The Balaban J connectivity index is 1.77. The summed E-state index contributed by atoms with van der Waals surface area (Å²) in [4.78, 5) is 11.8. The number of esters is 1. The van der Waals surface area contributed by atoms with Gasteiger partial charge in [-0.1, -0.05) is 12.1 Å². The largest absolute Gasteiger partial charge is 0.494 e. The SMILES string of the molecule is CCOC(=O)C1Cc2ccc(B3OC(C)(C)C(C)(C)O3)cc2O1. The van der Waals surface area contributed by atoms with E-state index in [-0.39, 0.29) is 17.2 Å². The monoisotopic (exact) mass is 318 g/mol. The molecule has 1 aromatic rings. The van der Waals surface area contributed by atoms with E-state index in [4.69, 9.17) is 18.8 Å². The van der Waals surface area contributed by atoms with Crippen molar-refractivity contribution in [1.82, 2.24) is 0 Å². The fraction of sp³-hybridized carbons (Fsp3) is 0.588. The summed E-state index contributed by atoms with van der Waals surface area (Å²) in [6, 6.07) is 5.84. The first kappa shape index (κ1) is 16.3. The number of benzene rings is 1. The molecule has 3 rings (SSSR count). The van der Waals surface area contributed by atoms with Crippen LogP contribution in [0.5, 0.6) is 5.75 Å². The third-order valence-corrected chi connectivity index (χ3v) is 4.84. The van der Waals surface area contributed by atoms with Crippen LogP contribution in [-0.4, -0.2) is 37.0 Å². The maximum absolute atomic E-state index is 11.8. The Bertz CT molecular complexity index is 609. The lowest BCUT2D eigenvalue weighted by Crippen LogP contribution is -2.41. The molecule has 1 unspecified atom stereocenters. The van der Waals surface area contributed by atoms with Crippen molar-refractivity contribution in [3.8, 4) is 5.75 Å². The van der Waals surface area contributed by atoms with Gasteiger partial charge in [0.25, 0.3) is 0 Å². The summed E-state index contributed by atoms with van der Waals surface area (Å²) in [5, 5.41) is 0. The van der Waals surface area contributed by atoms with E-state index in [0.29, 0.717) is 18.8 Å². The molecule has 1 atom stereocenters. The molecule has 0 aliphatic carbocycles. The Morgan fingerprint density at radius 1 is 1.26 bits per heavy atom. The van der Waals surface area contributed by atoms with Crippen LogP contribution >= 0.6 is 0 Å². The maximum Gasteiger partial charge on any atom is 0.494 e. The first-order valence-corrected chi connectivity index (χ1v) is 8.05. The third kappa shape index (κ3) is 2.86. The Hall–Kier alpha value is -1.53. The van der Waals surface area contributed by atoms with Crippen LogP contribution in [-0.2, 0) is 25.3 Å². The second-order valence-electron chi connectivity index (χ2n) is 7.02. The minimum atomic E-state index is -0.557. The molecule has 0 radical (unpaired) electrons. The van der Waals surface area contributed by atoms with Gasteiger partial charge in [-0.05, 0) is 51.7 Å². The number of carbonyl (C=O) groups is 1. The van der Waals surface area contributed by atoms with Crippen molar-refractivity contribution >= 4 is 18.6 Å². The molecule has 0 N–H and O–H groups in total. The van der Waals surface area contributed by atoms with Crippen LogP contribution < -0.4 is 10.2 Å². The van der Waals surface area contributed by atoms with E-state index in [0.717, 1.165) is 11.0 Å². The summed E-state index contributed by atoms with van der Waals surface area (Å²) in [6.45, 7) is 10.2. The van der Waals surface area contributed by atoms with Gasteiger partial charge in [0.15, 0.2) is 6.10 Å². The fourth-order valence-electron chi connectivity index (χ4n) is 2.74. The molecule has 2 heterocycles. The van der Waals surface area contributed by atoms with Crippen LogP contribution in [0.15, 0.2) is 18.2 Å². The first-order valence-electron chi connectivity index (χ1n) is 8.05. The molecule has 0 saturated carbocycles. The molecule has 0 amide bonds. The van der Waals surface area contributed by atoms with Gasteiger partial charge in [-0.25, -0.2) is 4.79 Å². The molecule has 0 aromatic heterocycles. The molecule has 1 aromatic carbocycles. The number of fused-ring (bicyclic) bond motifs is 1. The molecule has 6 heteroatoms. The number of hydrogen-bond donors (Lipinski definition) is 0. The number of hydrogen-bond acceptors (Lipinski definition) is 5. The summed E-state index contributed by atoms with van der Waals surface area (Å²) < 4.78 is 22.9. The highest BCUT2D eigenvalue weighted by Gasteiger charge is 2.52. The molecule has 1 fully saturated rings. The van der Waals surface area contributed by atoms with Crippen LogP contribution in [0.2, 0.25) is 0 Å². The lowest BCUT2D eigenvalue weighted by atomic mass is 9.78. The van der Waals surface area contributed by atoms with E-state index in [9.17, 15) is 4.79 Å². The molecule has 0 bridgehead atoms. The second kappa shape index (κ2) is 5.53. The molecule has 1 saturated heterocycles. The van der Waals surface area contributed by atoms with Crippen molar-refractivity contribution in [2.75, 3.05) is 6.61 Å². The second-order valence-corrected chi connectivity index (χ2v) is 7.02. The zero-order valence-electron chi connectivity index (χ0n) is 14.3. The normalized spacial score (nSPS) is 24.2. The molecule has 2 aliphatic rings. The molecule has 2 aliphatic heterocycles. The molecule has 5 nitrogen and oxygen atoms in total. The summed E-state index contributed by atoms with van der Waals surface area (Å²) in [6.07, 6.45) is -0.0174. The van der Waals surface area contributed by atoms with E-state index in [1.165, 1.54) is 0 Å². The Morgan fingerprint density at radius 2 is 1.91 bits per heavy atom. The third-order valence-electron chi connectivity index (χ3n) is 4.84. The quantitative estimate of drug-likeness (QED) is 0.629. The predicted octanol–water partition coefficient (Wildman–Crippen LogP) is 1.85. The van der Waals surface area contributed by atoms with Gasteiger partial charge >= 0.3 is 13.1 Å². The van der Waals surface area contributed by atoms with Gasteiger partial charge in [0.2, 0.25) is 0 Å². The van der Waals surface area contributed by atoms with Crippen LogP contribution in [0.3, 0.4) is 0 Å². The van der Waals surface area contributed by atoms with Crippen LogP contribution in [0.4, 0.5) is 0 Å². The summed E-state index contributed by atoms with van der Waals surface area (Å²) >= 11 is 0. The highest BCUT2D eigenvalue weighted by Crippen LogP contribution is 2.37. The van der Waals surface area contributed by atoms with Crippen molar-refractivity contribution in [2.45, 2.75) is 58.3 Å². The average molecular weight is 318 g/mol. The first-order chi connectivity index (χ1) is 10.7. The Morgan fingerprint density at radius 3 is 2.52 bits per heavy atom. The van der Waals surface area contributed by atoms with Gasteiger partial charge in [0.05, 0.1) is 17.8 Å². The van der Waals surface area contributed by atoms with E-state index in [1.54, 1.807) is 6.92 Å². The predicted molar refractivity (Wildman–Crippen MR) is 86.9 cm³/mol. The van der Waals surface area contributed by atoms with E-state index in [2.05, 4.69) is 0 Å². The van der Waals surface area contributed by atoms with E-state index in [1.807, 2.05) is 45.9 Å². The summed E-state index contributed by atoms with van der Waals surface area (Å²) in [7, 11) is -0.435. The molecule has 124 valence electrons. The van der Waals surface area contributed by atoms with Crippen LogP contribution in [0.25, 0.3) is 0 Å². The molecular formula is C17H23BO5. The van der Waals surface area contributed by atoms with Crippen LogP contribution in [0.1, 0.15) is 40.2 Å². The minimum Gasteiger partial charge on any atom is -0.478 e. The number of rotatable bonds is 3. The standard InChI is InChI=1S/C17H23BO5/c1-6-20-15(19)14-9-11-7-8-12(10-13(11)21-14)18-22-16(2,3)17(4,5)23-18/h7-8,10,14H,6,9H2,1-5H3. The number of ether oxygens (including phenoxy) is 2. The smallest absolute Gasteiger partial charge is 0.478 e. The van der Waals surface area contributed by atoms with Gasteiger partial charge in [-0.3, -0.25) is 0 Å². The zero-order chi connectivity index (χ0) is 16.8. The highest BCUT2D eigenvalue weighted by molar-refractivity contribution is 6.62. The van der Waals surface area contributed by atoms with E-state index < -0.39 is 13.2 Å². The topological polar surface area (TPSA) is 54.0 Å². The summed E-state index contributed by atoms with van der Waals surface area (Å²) in [5.41, 5.74) is 1.13. The van der Waals surface area contributed by atoms with Crippen molar-refractivity contribution < 1.29 is 23.6 Å². The molecule has 23 heavy (non-hydrogen) atoms. The number of carbonyl (C=O) groups excluding carboxylic acids is 1. The fourth-order valence-corrected chi connectivity index (χ4v) is 2.74.